The summed E-state index contributed by atoms with van der Waals surface area (Å²) in [7, 11) is -1.64. The summed E-state index contributed by atoms with van der Waals surface area (Å²) in [5.41, 5.74) is 3.04. The molecule has 7 nitrogen and oxygen atoms in total. The number of pyridine rings is 1. The molecule has 0 unspecified atom stereocenters. The topological polar surface area (TPSA) is 88.5 Å². The van der Waals surface area contributed by atoms with Gasteiger partial charge in [-0.2, -0.15) is 0 Å². The molecule has 0 spiro atoms. The van der Waals surface area contributed by atoms with Crippen molar-refractivity contribution in [3.05, 3.63) is 57.5 Å². The van der Waals surface area contributed by atoms with E-state index in [-0.39, 0.29) is 23.0 Å². The quantitative estimate of drug-likeness (QED) is 0.793. The Bertz CT molecular complexity index is 1060. The largest absolute Gasteiger partial charge is 0.336 e. The smallest absolute Gasteiger partial charge is 0.254 e. The van der Waals surface area contributed by atoms with E-state index in [0.29, 0.717) is 29.8 Å². The van der Waals surface area contributed by atoms with Gasteiger partial charge >= 0.3 is 0 Å². The molecule has 2 heterocycles. The van der Waals surface area contributed by atoms with Crippen LogP contribution >= 0.6 is 0 Å². The molecule has 1 N–H and O–H groups in total. The number of carbonyl (C=O) groups excluding carboxylic acids is 1. The Hall–Kier alpha value is -2.45. The number of benzene rings is 1. The van der Waals surface area contributed by atoms with Gasteiger partial charge in [-0.25, -0.2) is 8.42 Å². The molecule has 0 aliphatic carbocycles. The van der Waals surface area contributed by atoms with Crippen molar-refractivity contribution < 1.29 is 13.2 Å². The van der Waals surface area contributed by atoms with Crippen LogP contribution in [0.3, 0.4) is 0 Å². The van der Waals surface area contributed by atoms with Gasteiger partial charge in [0.05, 0.1) is 5.75 Å². The number of rotatable bonds is 5. The molecule has 1 saturated heterocycles. The lowest BCUT2D eigenvalue weighted by Gasteiger charge is -2.28. The van der Waals surface area contributed by atoms with Gasteiger partial charge in [-0.1, -0.05) is 13.0 Å². The molecule has 0 radical (unpaired) electrons. The lowest BCUT2D eigenvalue weighted by atomic mass is 9.99. The number of carbonyl (C=O) groups is 1. The fourth-order valence-electron chi connectivity index (χ4n) is 3.51. The van der Waals surface area contributed by atoms with E-state index < -0.39 is 9.84 Å². The number of sulfone groups is 1. The van der Waals surface area contributed by atoms with Crippen molar-refractivity contribution in [2.24, 2.45) is 7.05 Å². The van der Waals surface area contributed by atoms with Crippen LogP contribution in [0.15, 0.2) is 35.3 Å². The lowest BCUT2D eigenvalue weighted by Crippen LogP contribution is -2.46. The van der Waals surface area contributed by atoms with Crippen LogP contribution in [0.5, 0.6) is 0 Å². The number of nitrogens with one attached hydrogen (secondary N) is 1. The second kappa shape index (κ2) is 8.51. The first kappa shape index (κ1) is 21.3. The molecule has 1 aliphatic rings. The summed E-state index contributed by atoms with van der Waals surface area (Å²) in [5.74, 6) is -0.317. The van der Waals surface area contributed by atoms with Crippen molar-refractivity contribution in [1.82, 2.24) is 14.8 Å². The fraction of sp³-hybridized carbons (Fsp3) is 0.429. The number of amides is 1. The van der Waals surface area contributed by atoms with E-state index in [4.69, 9.17) is 0 Å². The highest BCUT2D eigenvalue weighted by molar-refractivity contribution is 7.90. The molecule has 0 saturated carbocycles. The number of hydrogen-bond donors (Lipinski definition) is 1. The van der Waals surface area contributed by atoms with Crippen molar-refractivity contribution in [3.8, 4) is 11.1 Å². The van der Waals surface area contributed by atoms with Crippen molar-refractivity contribution in [2.75, 3.05) is 31.9 Å². The van der Waals surface area contributed by atoms with E-state index in [1.54, 1.807) is 50.2 Å². The van der Waals surface area contributed by atoms with Crippen LogP contribution in [0.2, 0.25) is 0 Å². The summed E-state index contributed by atoms with van der Waals surface area (Å²) in [5, 5.41) is 3.21. The van der Waals surface area contributed by atoms with Crippen molar-refractivity contribution in [2.45, 2.75) is 19.6 Å². The molecular weight excluding hydrogens is 390 g/mol. The summed E-state index contributed by atoms with van der Waals surface area (Å²) < 4.78 is 26.2. The maximum absolute atomic E-state index is 13.1. The van der Waals surface area contributed by atoms with Gasteiger partial charge in [-0.3, -0.25) is 9.59 Å². The number of nitrogens with zero attached hydrogens (tertiary/aromatic N) is 2. The van der Waals surface area contributed by atoms with E-state index in [2.05, 4.69) is 5.32 Å². The maximum Gasteiger partial charge on any atom is 0.254 e. The number of hydrogen-bond acceptors (Lipinski definition) is 5. The van der Waals surface area contributed by atoms with E-state index in [1.165, 1.54) is 4.57 Å². The Morgan fingerprint density at radius 2 is 1.83 bits per heavy atom. The summed E-state index contributed by atoms with van der Waals surface area (Å²) in [6.07, 6.45) is 1.72. The highest BCUT2D eigenvalue weighted by Crippen LogP contribution is 2.25. The zero-order valence-electron chi connectivity index (χ0n) is 17.1. The molecule has 1 amide bonds. The summed E-state index contributed by atoms with van der Waals surface area (Å²) in [6, 6.07) is 7.08. The molecule has 8 heteroatoms. The zero-order valence-corrected chi connectivity index (χ0v) is 17.9. The van der Waals surface area contributed by atoms with Crippen LogP contribution in [-0.2, 0) is 22.6 Å². The van der Waals surface area contributed by atoms with E-state index in [0.717, 1.165) is 24.2 Å². The fourth-order valence-corrected chi connectivity index (χ4v) is 4.43. The van der Waals surface area contributed by atoms with Crippen LogP contribution in [0, 0.1) is 6.92 Å². The van der Waals surface area contributed by atoms with E-state index >= 15 is 0 Å². The maximum atomic E-state index is 13.1. The SMILES string of the molecule is CCS(=O)(=O)Cc1cc(-c2cc(C)c(=O)n(C)c2)ccc1C(=O)N1CCNCC1. The molecular formula is C21H27N3O4S. The first-order valence-electron chi connectivity index (χ1n) is 9.73. The predicted molar refractivity (Wildman–Crippen MR) is 114 cm³/mol. The summed E-state index contributed by atoms with van der Waals surface area (Å²) in [6.45, 7) is 6.00. The second-order valence-electron chi connectivity index (χ2n) is 7.42. The molecule has 1 aromatic heterocycles. The molecule has 0 atom stereocenters. The summed E-state index contributed by atoms with van der Waals surface area (Å²) in [4.78, 5) is 26.8. The van der Waals surface area contributed by atoms with Gasteiger partial charge in [0.2, 0.25) is 0 Å². The van der Waals surface area contributed by atoms with Crippen LogP contribution in [-0.4, -0.2) is 55.7 Å². The number of aryl methyl sites for hydroxylation is 2. The number of aromatic nitrogens is 1. The second-order valence-corrected chi connectivity index (χ2v) is 9.77. The molecule has 1 aliphatic heterocycles. The Morgan fingerprint density at radius 3 is 2.45 bits per heavy atom. The predicted octanol–water partition coefficient (Wildman–Crippen LogP) is 1.34. The normalized spacial score (nSPS) is 14.8. The third-order valence-electron chi connectivity index (χ3n) is 5.25. The van der Waals surface area contributed by atoms with Crippen molar-refractivity contribution in [3.63, 3.8) is 0 Å². The molecule has 1 fully saturated rings. The summed E-state index contributed by atoms with van der Waals surface area (Å²) >= 11 is 0. The standard InChI is InChI=1S/C21H27N3O4S/c1-4-29(27,28)14-18-12-16(17-11-15(2)20(25)23(3)13-17)5-6-19(18)21(26)24-9-7-22-8-10-24/h5-6,11-13,22H,4,7-10,14H2,1-3H3. The average molecular weight is 418 g/mol. The van der Waals surface area contributed by atoms with Gasteiger partial charge in [0.25, 0.3) is 11.5 Å². The molecule has 2 aromatic rings. The van der Waals surface area contributed by atoms with Gasteiger partial charge in [-0.05, 0) is 41.8 Å². The van der Waals surface area contributed by atoms with Crippen LogP contribution < -0.4 is 10.9 Å². The Labute approximate surface area is 171 Å². The monoisotopic (exact) mass is 417 g/mol. The molecule has 29 heavy (non-hydrogen) atoms. The van der Waals surface area contributed by atoms with Crippen molar-refractivity contribution >= 4 is 15.7 Å². The van der Waals surface area contributed by atoms with Gasteiger partial charge in [-0.15, -0.1) is 0 Å². The zero-order chi connectivity index (χ0) is 21.2. The minimum absolute atomic E-state index is 0.0113. The minimum atomic E-state index is -3.32. The molecule has 0 bridgehead atoms. The van der Waals surface area contributed by atoms with E-state index in [9.17, 15) is 18.0 Å². The first-order chi connectivity index (χ1) is 13.7. The van der Waals surface area contributed by atoms with Crippen molar-refractivity contribution in [1.29, 1.82) is 0 Å². The third kappa shape index (κ3) is 4.76. The van der Waals surface area contributed by atoms with Crippen LogP contribution in [0.25, 0.3) is 11.1 Å². The molecule has 156 valence electrons. The number of piperazine rings is 1. The highest BCUT2D eigenvalue weighted by Gasteiger charge is 2.23. The third-order valence-corrected chi connectivity index (χ3v) is 6.88. The molecule has 3 rings (SSSR count). The minimum Gasteiger partial charge on any atom is -0.336 e. The van der Waals surface area contributed by atoms with E-state index in [1.807, 2.05) is 6.07 Å². The van der Waals surface area contributed by atoms with Crippen LogP contribution in [0.4, 0.5) is 0 Å². The van der Waals surface area contributed by atoms with Gasteiger partial charge in [0.1, 0.15) is 0 Å². The van der Waals surface area contributed by atoms with Gasteiger partial charge < -0.3 is 14.8 Å². The van der Waals surface area contributed by atoms with Gasteiger partial charge in [0, 0.05) is 56.3 Å². The molecule has 1 aromatic carbocycles. The first-order valence-corrected chi connectivity index (χ1v) is 11.5. The lowest BCUT2D eigenvalue weighted by molar-refractivity contribution is 0.0735. The van der Waals surface area contributed by atoms with Crippen LogP contribution in [0.1, 0.15) is 28.4 Å². The Morgan fingerprint density at radius 1 is 1.14 bits per heavy atom. The Kier molecular flexibility index (Phi) is 6.24. The Balaban J connectivity index is 2.07. The highest BCUT2D eigenvalue weighted by atomic mass is 32.2. The van der Waals surface area contributed by atoms with Gasteiger partial charge in [0.15, 0.2) is 9.84 Å². The average Bonchev–Trinajstić information content (AvgIpc) is 2.71.